The third kappa shape index (κ3) is 3.68. The number of hydrogen-bond donors (Lipinski definition) is 2. The standard InChI is InChI=1S/C17H20N6O2/c1-11-12(2)22-23(13(11)3)16-7-6-15(20-21-16)18-8-9-19-17(24)14-5-4-10-25-14/h4-7,10H,8-9H2,1-3H3,(H,18,20)(H,19,24). The fourth-order valence-electron chi connectivity index (χ4n) is 2.34. The summed E-state index contributed by atoms with van der Waals surface area (Å²) in [5.74, 6) is 1.36. The van der Waals surface area contributed by atoms with E-state index in [1.54, 1.807) is 16.8 Å². The zero-order chi connectivity index (χ0) is 17.8. The second-order valence-electron chi connectivity index (χ2n) is 5.64. The summed E-state index contributed by atoms with van der Waals surface area (Å²) in [6, 6.07) is 6.99. The van der Waals surface area contributed by atoms with Gasteiger partial charge in [0, 0.05) is 18.8 Å². The number of furan rings is 1. The van der Waals surface area contributed by atoms with Crippen molar-refractivity contribution < 1.29 is 9.21 Å². The maximum atomic E-state index is 11.7. The van der Waals surface area contributed by atoms with Gasteiger partial charge in [0.05, 0.1) is 12.0 Å². The lowest BCUT2D eigenvalue weighted by molar-refractivity contribution is 0.0927. The average molecular weight is 340 g/mol. The molecule has 25 heavy (non-hydrogen) atoms. The summed E-state index contributed by atoms with van der Waals surface area (Å²) in [5, 5.41) is 18.7. The Hall–Kier alpha value is -3.16. The van der Waals surface area contributed by atoms with E-state index in [1.807, 2.05) is 32.9 Å². The Kier molecular flexibility index (Phi) is 4.78. The Bertz CT molecular complexity index is 852. The normalized spacial score (nSPS) is 10.7. The Morgan fingerprint density at radius 1 is 1.16 bits per heavy atom. The Balaban J connectivity index is 1.53. The molecular formula is C17H20N6O2. The smallest absolute Gasteiger partial charge is 0.287 e. The van der Waals surface area contributed by atoms with Crippen molar-refractivity contribution >= 4 is 11.7 Å². The third-order valence-corrected chi connectivity index (χ3v) is 3.98. The highest BCUT2D eigenvalue weighted by molar-refractivity contribution is 5.91. The summed E-state index contributed by atoms with van der Waals surface area (Å²) in [7, 11) is 0. The number of amides is 1. The number of carbonyl (C=O) groups is 1. The third-order valence-electron chi connectivity index (χ3n) is 3.98. The highest BCUT2D eigenvalue weighted by Gasteiger charge is 2.10. The maximum Gasteiger partial charge on any atom is 0.287 e. The van der Waals surface area contributed by atoms with Crippen LogP contribution in [0.2, 0.25) is 0 Å². The molecule has 0 atom stereocenters. The number of nitrogens with zero attached hydrogens (tertiary/aromatic N) is 4. The van der Waals surface area contributed by atoms with Crippen LogP contribution in [0.4, 0.5) is 5.82 Å². The maximum absolute atomic E-state index is 11.7. The van der Waals surface area contributed by atoms with Crippen molar-refractivity contribution in [2.75, 3.05) is 18.4 Å². The van der Waals surface area contributed by atoms with Gasteiger partial charge < -0.3 is 15.1 Å². The molecule has 130 valence electrons. The topological polar surface area (TPSA) is 97.9 Å². The first-order chi connectivity index (χ1) is 12.1. The molecule has 0 unspecified atom stereocenters. The molecule has 0 aliphatic carbocycles. The van der Waals surface area contributed by atoms with E-state index in [4.69, 9.17) is 4.42 Å². The largest absolute Gasteiger partial charge is 0.459 e. The van der Waals surface area contributed by atoms with Crippen molar-refractivity contribution in [3.8, 4) is 5.82 Å². The highest BCUT2D eigenvalue weighted by atomic mass is 16.3. The molecule has 0 bridgehead atoms. The molecule has 3 aromatic rings. The first-order valence-corrected chi connectivity index (χ1v) is 7.99. The molecule has 0 aromatic carbocycles. The van der Waals surface area contributed by atoms with Crippen molar-refractivity contribution in [3.63, 3.8) is 0 Å². The molecule has 8 nitrogen and oxygen atoms in total. The molecule has 0 radical (unpaired) electrons. The Morgan fingerprint density at radius 2 is 2.00 bits per heavy atom. The fourth-order valence-corrected chi connectivity index (χ4v) is 2.34. The van der Waals surface area contributed by atoms with Gasteiger partial charge in [-0.15, -0.1) is 10.2 Å². The van der Waals surface area contributed by atoms with Crippen LogP contribution in [0.25, 0.3) is 5.82 Å². The van der Waals surface area contributed by atoms with Crippen molar-refractivity contribution in [1.29, 1.82) is 0 Å². The second kappa shape index (κ2) is 7.16. The van der Waals surface area contributed by atoms with Gasteiger partial charge in [0.2, 0.25) is 0 Å². The highest BCUT2D eigenvalue weighted by Crippen LogP contribution is 2.15. The van der Waals surface area contributed by atoms with Gasteiger partial charge in [-0.2, -0.15) is 5.10 Å². The number of hydrogen-bond acceptors (Lipinski definition) is 6. The van der Waals surface area contributed by atoms with Crippen molar-refractivity contribution in [2.45, 2.75) is 20.8 Å². The van der Waals surface area contributed by atoms with Crippen LogP contribution in [0.1, 0.15) is 27.5 Å². The number of aryl methyl sites for hydroxylation is 1. The summed E-state index contributed by atoms with van der Waals surface area (Å²) in [6.07, 6.45) is 1.47. The number of rotatable bonds is 6. The molecular weight excluding hydrogens is 320 g/mol. The lowest BCUT2D eigenvalue weighted by atomic mass is 10.2. The Morgan fingerprint density at radius 3 is 2.60 bits per heavy atom. The van der Waals surface area contributed by atoms with Gasteiger partial charge in [-0.3, -0.25) is 4.79 Å². The van der Waals surface area contributed by atoms with Gasteiger partial charge in [0.15, 0.2) is 11.6 Å². The second-order valence-corrected chi connectivity index (χ2v) is 5.64. The first-order valence-electron chi connectivity index (χ1n) is 7.99. The van der Waals surface area contributed by atoms with E-state index in [9.17, 15) is 4.79 Å². The monoisotopic (exact) mass is 340 g/mol. The average Bonchev–Trinajstić information content (AvgIpc) is 3.24. The van der Waals surface area contributed by atoms with Crippen LogP contribution < -0.4 is 10.6 Å². The molecule has 0 saturated carbocycles. The molecule has 0 fully saturated rings. The molecule has 2 N–H and O–H groups in total. The first kappa shape index (κ1) is 16.7. The number of nitrogens with one attached hydrogen (secondary N) is 2. The molecule has 0 aliphatic heterocycles. The lowest BCUT2D eigenvalue weighted by Crippen LogP contribution is -2.28. The van der Waals surface area contributed by atoms with E-state index >= 15 is 0 Å². The molecule has 1 amide bonds. The summed E-state index contributed by atoms with van der Waals surface area (Å²) < 4.78 is 6.81. The van der Waals surface area contributed by atoms with Crippen LogP contribution in [0.15, 0.2) is 34.9 Å². The zero-order valence-corrected chi connectivity index (χ0v) is 14.4. The minimum absolute atomic E-state index is 0.242. The number of aromatic nitrogens is 4. The van der Waals surface area contributed by atoms with Gasteiger partial charge in [-0.1, -0.05) is 0 Å². The van der Waals surface area contributed by atoms with E-state index < -0.39 is 0 Å². The van der Waals surface area contributed by atoms with Gasteiger partial charge in [-0.05, 0) is 50.6 Å². The molecule has 0 aliphatic rings. The molecule has 3 aromatic heterocycles. The van der Waals surface area contributed by atoms with Gasteiger partial charge in [0.25, 0.3) is 5.91 Å². The van der Waals surface area contributed by atoms with E-state index in [1.165, 1.54) is 6.26 Å². The summed E-state index contributed by atoms with van der Waals surface area (Å²) in [6.45, 7) is 6.98. The van der Waals surface area contributed by atoms with Crippen LogP contribution in [-0.4, -0.2) is 39.0 Å². The van der Waals surface area contributed by atoms with Crippen molar-refractivity contribution in [3.05, 3.63) is 53.2 Å². The Labute approximate surface area is 145 Å². The van der Waals surface area contributed by atoms with Crippen LogP contribution in [0, 0.1) is 20.8 Å². The van der Waals surface area contributed by atoms with E-state index in [0.29, 0.717) is 30.5 Å². The number of carbonyl (C=O) groups excluding carboxylic acids is 1. The number of anilines is 1. The van der Waals surface area contributed by atoms with Crippen molar-refractivity contribution in [1.82, 2.24) is 25.3 Å². The van der Waals surface area contributed by atoms with Crippen LogP contribution >= 0.6 is 0 Å². The van der Waals surface area contributed by atoms with Crippen LogP contribution in [0.5, 0.6) is 0 Å². The van der Waals surface area contributed by atoms with Crippen LogP contribution in [-0.2, 0) is 0 Å². The molecule has 0 spiro atoms. The van der Waals surface area contributed by atoms with Gasteiger partial charge >= 0.3 is 0 Å². The fraction of sp³-hybridized carbons (Fsp3) is 0.294. The summed E-state index contributed by atoms with van der Waals surface area (Å²) >= 11 is 0. The molecule has 3 heterocycles. The predicted molar refractivity (Wildman–Crippen MR) is 92.9 cm³/mol. The quantitative estimate of drug-likeness (QED) is 0.666. The van der Waals surface area contributed by atoms with Crippen molar-refractivity contribution in [2.24, 2.45) is 0 Å². The van der Waals surface area contributed by atoms with Crippen LogP contribution in [0.3, 0.4) is 0 Å². The lowest BCUT2D eigenvalue weighted by Gasteiger charge is -2.07. The van der Waals surface area contributed by atoms with Gasteiger partial charge in [-0.25, -0.2) is 4.68 Å². The predicted octanol–water partition coefficient (Wildman–Crippen LogP) is 2.02. The molecule has 8 heteroatoms. The zero-order valence-electron chi connectivity index (χ0n) is 14.4. The van der Waals surface area contributed by atoms with E-state index in [-0.39, 0.29) is 5.91 Å². The molecule has 0 saturated heterocycles. The minimum Gasteiger partial charge on any atom is -0.459 e. The summed E-state index contributed by atoms with van der Waals surface area (Å²) in [4.78, 5) is 11.7. The summed E-state index contributed by atoms with van der Waals surface area (Å²) in [5.41, 5.74) is 3.18. The van der Waals surface area contributed by atoms with E-state index in [0.717, 1.165) is 17.0 Å². The minimum atomic E-state index is -0.242. The molecule has 3 rings (SSSR count). The van der Waals surface area contributed by atoms with E-state index in [2.05, 4.69) is 25.9 Å². The van der Waals surface area contributed by atoms with Gasteiger partial charge in [0.1, 0.15) is 5.82 Å². The SMILES string of the molecule is Cc1nn(-c2ccc(NCCNC(=O)c3ccco3)nn2)c(C)c1C.